The molecule has 1 aliphatic rings. The van der Waals surface area contributed by atoms with Gasteiger partial charge < -0.3 is 14.2 Å². The Morgan fingerprint density at radius 2 is 1.79 bits per heavy atom. The van der Waals surface area contributed by atoms with Crippen molar-refractivity contribution < 1.29 is 23.4 Å². The van der Waals surface area contributed by atoms with Gasteiger partial charge in [-0.05, 0) is 55.3 Å². The summed E-state index contributed by atoms with van der Waals surface area (Å²) < 4.78 is 29.2. The van der Waals surface area contributed by atoms with Crippen molar-refractivity contribution in [3.63, 3.8) is 0 Å². The molecule has 2 aromatic carbocycles. The molecular formula is C22H26FNO4. The SMILES string of the molecule is COc1cc(CN2CCC[C@H](C(=O)c3ccc(OC)c(OC)c3)C2)ccc1F. The van der Waals surface area contributed by atoms with Crippen LogP contribution < -0.4 is 14.2 Å². The Kier molecular flexibility index (Phi) is 6.52. The van der Waals surface area contributed by atoms with Crippen LogP contribution in [0.2, 0.25) is 0 Å². The molecule has 150 valence electrons. The van der Waals surface area contributed by atoms with Crippen LogP contribution in [0.5, 0.6) is 17.2 Å². The second-order valence-corrected chi connectivity index (χ2v) is 6.98. The maximum absolute atomic E-state index is 13.6. The van der Waals surface area contributed by atoms with Crippen molar-refractivity contribution in [2.75, 3.05) is 34.4 Å². The third-order valence-electron chi connectivity index (χ3n) is 5.17. The first-order chi connectivity index (χ1) is 13.5. The zero-order valence-corrected chi connectivity index (χ0v) is 16.5. The highest BCUT2D eigenvalue weighted by molar-refractivity contribution is 5.98. The molecule has 0 amide bonds. The largest absolute Gasteiger partial charge is 0.494 e. The highest BCUT2D eigenvalue weighted by Gasteiger charge is 2.27. The first kappa shape index (κ1) is 20.1. The van der Waals surface area contributed by atoms with Crippen molar-refractivity contribution in [1.29, 1.82) is 0 Å². The van der Waals surface area contributed by atoms with E-state index in [1.165, 1.54) is 13.2 Å². The summed E-state index contributed by atoms with van der Waals surface area (Å²) in [6.07, 6.45) is 1.80. The Balaban J connectivity index is 1.70. The number of piperidine rings is 1. The minimum Gasteiger partial charge on any atom is -0.494 e. The molecule has 0 aromatic heterocycles. The van der Waals surface area contributed by atoms with Crippen LogP contribution in [-0.2, 0) is 6.54 Å². The molecule has 1 fully saturated rings. The van der Waals surface area contributed by atoms with Crippen molar-refractivity contribution in [3.8, 4) is 17.2 Å². The molecule has 0 radical (unpaired) electrons. The highest BCUT2D eigenvalue weighted by atomic mass is 19.1. The van der Waals surface area contributed by atoms with Gasteiger partial charge in [-0.3, -0.25) is 9.69 Å². The summed E-state index contributed by atoms with van der Waals surface area (Å²) in [4.78, 5) is 15.3. The summed E-state index contributed by atoms with van der Waals surface area (Å²) in [6.45, 7) is 2.24. The summed E-state index contributed by atoms with van der Waals surface area (Å²) >= 11 is 0. The number of carbonyl (C=O) groups is 1. The molecule has 1 atom stereocenters. The predicted molar refractivity (Wildman–Crippen MR) is 105 cm³/mol. The standard InChI is InChI=1S/C22H26FNO4/c1-26-19-9-7-16(12-21(19)28-3)22(25)17-5-4-10-24(14-17)13-15-6-8-18(23)20(11-15)27-2/h6-9,11-12,17H,4-5,10,13-14H2,1-3H3/t17-/m0/s1. The molecule has 3 rings (SSSR count). The lowest BCUT2D eigenvalue weighted by Crippen LogP contribution is -2.38. The van der Waals surface area contributed by atoms with Crippen LogP contribution in [-0.4, -0.2) is 45.1 Å². The fourth-order valence-corrected chi connectivity index (χ4v) is 3.70. The summed E-state index contributed by atoms with van der Waals surface area (Å²) in [5.41, 5.74) is 1.60. The van der Waals surface area contributed by atoms with Crippen LogP contribution >= 0.6 is 0 Å². The number of hydrogen-bond donors (Lipinski definition) is 0. The molecule has 0 spiro atoms. The lowest BCUT2D eigenvalue weighted by Gasteiger charge is -2.32. The Labute approximate surface area is 165 Å². The number of nitrogens with zero attached hydrogens (tertiary/aromatic N) is 1. The first-order valence-electron chi connectivity index (χ1n) is 9.36. The Morgan fingerprint density at radius 1 is 1.04 bits per heavy atom. The second-order valence-electron chi connectivity index (χ2n) is 6.98. The number of likely N-dealkylation sites (tertiary alicyclic amines) is 1. The molecule has 2 aromatic rings. The Hall–Kier alpha value is -2.60. The van der Waals surface area contributed by atoms with Crippen LogP contribution in [0.4, 0.5) is 4.39 Å². The number of ether oxygens (including phenoxy) is 3. The maximum atomic E-state index is 13.6. The van der Waals surface area contributed by atoms with Crippen LogP contribution in [0.3, 0.4) is 0 Å². The smallest absolute Gasteiger partial charge is 0.167 e. The average molecular weight is 387 g/mol. The number of benzene rings is 2. The van der Waals surface area contributed by atoms with Crippen molar-refractivity contribution in [2.24, 2.45) is 5.92 Å². The Bertz CT molecular complexity index is 839. The zero-order valence-electron chi connectivity index (χ0n) is 16.5. The van der Waals surface area contributed by atoms with Crippen LogP contribution in [0.25, 0.3) is 0 Å². The van der Waals surface area contributed by atoms with Crippen molar-refractivity contribution in [3.05, 3.63) is 53.3 Å². The quantitative estimate of drug-likeness (QED) is 0.674. The number of hydrogen-bond acceptors (Lipinski definition) is 5. The zero-order chi connectivity index (χ0) is 20.1. The number of halogens is 1. The van der Waals surface area contributed by atoms with Gasteiger partial charge in [0.25, 0.3) is 0 Å². The van der Waals surface area contributed by atoms with Crippen molar-refractivity contribution in [1.82, 2.24) is 4.90 Å². The van der Waals surface area contributed by atoms with E-state index in [1.807, 2.05) is 0 Å². The number of methoxy groups -OCH3 is 3. The van der Waals surface area contributed by atoms with E-state index in [2.05, 4.69) is 4.90 Å². The van der Waals surface area contributed by atoms with E-state index in [0.717, 1.165) is 24.9 Å². The number of rotatable bonds is 7. The van der Waals surface area contributed by atoms with Gasteiger partial charge in [-0.1, -0.05) is 6.07 Å². The summed E-state index contributed by atoms with van der Waals surface area (Å²) in [7, 11) is 4.59. The monoisotopic (exact) mass is 387 g/mol. The fourth-order valence-electron chi connectivity index (χ4n) is 3.70. The van der Waals surface area contributed by atoms with Gasteiger partial charge in [0.2, 0.25) is 0 Å². The van der Waals surface area contributed by atoms with Gasteiger partial charge in [-0.15, -0.1) is 0 Å². The minimum absolute atomic E-state index is 0.0748. The van der Waals surface area contributed by atoms with Crippen LogP contribution in [0.1, 0.15) is 28.8 Å². The van der Waals surface area contributed by atoms with Gasteiger partial charge in [-0.25, -0.2) is 4.39 Å². The van der Waals surface area contributed by atoms with E-state index in [-0.39, 0.29) is 23.3 Å². The topological polar surface area (TPSA) is 48.0 Å². The minimum atomic E-state index is -0.369. The maximum Gasteiger partial charge on any atom is 0.167 e. The van der Waals surface area contributed by atoms with Crippen molar-refractivity contribution in [2.45, 2.75) is 19.4 Å². The Morgan fingerprint density at radius 3 is 2.50 bits per heavy atom. The molecule has 0 N–H and O–H groups in total. The number of ketones is 1. The number of carbonyl (C=O) groups excluding carboxylic acids is 1. The fraction of sp³-hybridized carbons (Fsp3) is 0.409. The summed E-state index contributed by atoms with van der Waals surface area (Å²) in [5, 5.41) is 0. The van der Waals surface area contributed by atoms with Gasteiger partial charge in [0.05, 0.1) is 21.3 Å². The normalized spacial score (nSPS) is 17.2. The van der Waals surface area contributed by atoms with Crippen LogP contribution in [0.15, 0.2) is 36.4 Å². The molecule has 5 nitrogen and oxygen atoms in total. The lowest BCUT2D eigenvalue weighted by molar-refractivity contribution is 0.0811. The molecule has 0 saturated carbocycles. The first-order valence-corrected chi connectivity index (χ1v) is 9.36. The van der Waals surface area contributed by atoms with Gasteiger partial charge in [-0.2, -0.15) is 0 Å². The van der Waals surface area contributed by atoms with Crippen molar-refractivity contribution >= 4 is 5.78 Å². The van der Waals surface area contributed by atoms with Crippen LogP contribution in [0, 0.1) is 11.7 Å². The third-order valence-corrected chi connectivity index (χ3v) is 5.17. The molecule has 0 unspecified atom stereocenters. The van der Waals surface area contributed by atoms with E-state index in [9.17, 15) is 9.18 Å². The highest BCUT2D eigenvalue weighted by Crippen LogP contribution is 2.30. The number of Topliss-reactive ketones (excluding diaryl/α,β-unsaturated/α-hetero) is 1. The van der Waals surface area contributed by atoms with E-state index in [0.29, 0.717) is 30.2 Å². The molecule has 0 aliphatic carbocycles. The summed E-state index contributed by atoms with van der Waals surface area (Å²) in [5.74, 6) is 1.07. The van der Waals surface area contributed by atoms with Gasteiger partial charge in [0, 0.05) is 24.6 Å². The molecule has 1 aliphatic heterocycles. The van der Waals surface area contributed by atoms with E-state index < -0.39 is 0 Å². The molecule has 1 heterocycles. The molecule has 0 bridgehead atoms. The summed E-state index contributed by atoms with van der Waals surface area (Å²) in [6, 6.07) is 10.2. The average Bonchev–Trinajstić information content (AvgIpc) is 2.74. The van der Waals surface area contributed by atoms with E-state index >= 15 is 0 Å². The predicted octanol–water partition coefficient (Wildman–Crippen LogP) is 3.95. The van der Waals surface area contributed by atoms with E-state index in [4.69, 9.17) is 14.2 Å². The molecule has 28 heavy (non-hydrogen) atoms. The van der Waals surface area contributed by atoms with Gasteiger partial charge in [0.15, 0.2) is 28.8 Å². The van der Waals surface area contributed by atoms with Gasteiger partial charge >= 0.3 is 0 Å². The second kappa shape index (κ2) is 9.06. The lowest BCUT2D eigenvalue weighted by atomic mass is 9.89. The molecular weight excluding hydrogens is 361 g/mol. The van der Waals surface area contributed by atoms with E-state index in [1.54, 1.807) is 44.6 Å². The third kappa shape index (κ3) is 4.44. The van der Waals surface area contributed by atoms with Gasteiger partial charge in [0.1, 0.15) is 0 Å². The molecule has 6 heteroatoms. The molecule has 1 saturated heterocycles.